The molecule has 3 N–H and O–H groups in total. The van der Waals surface area contributed by atoms with Gasteiger partial charge in [-0.1, -0.05) is 18.2 Å². The summed E-state index contributed by atoms with van der Waals surface area (Å²) in [6.07, 6.45) is -1.73. The molecule has 0 radical (unpaired) electrons. The number of para-hydroxylation sites is 1. The molecule has 0 amide bonds. The first-order valence-corrected chi connectivity index (χ1v) is 9.78. The molecule has 1 aromatic heterocycles. The number of ether oxygens (including phenoxy) is 1. The number of nitrogen functional groups attached to an aromatic ring is 1. The molecular weight excluding hydrogens is 409 g/mol. The minimum Gasteiger partial charge on any atom is -0.436 e. The molecule has 0 bridgehead atoms. The van der Waals surface area contributed by atoms with Gasteiger partial charge in [-0.2, -0.15) is 4.98 Å². The molecule has 1 aromatic carbocycles. The van der Waals surface area contributed by atoms with Gasteiger partial charge in [0.25, 0.3) is 5.92 Å². The maximum absolute atomic E-state index is 14.4. The first-order valence-electron chi connectivity index (χ1n) is 8.60. The minimum absolute atomic E-state index is 0.0324. The highest BCUT2D eigenvalue weighted by Crippen LogP contribution is 2.43. The second kappa shape index (κ2) is 9.36. The Morgan fingerprint density at radius 2 is 2.14 bits per heavy atom. The molecule has 0 spiro atoms. The van der Waals surface area contributed by atoms with Crippen LogP contribution in [0.2, 0.25) is 0 Å². The lowest BCUT2D eigenvalue weighted by Gasteiger charge is -2.20. The van der Waals surface area contributed by atoms with Gasteiger partial charge in [-0.05, 0) is 18.2 Å². The number of alkyl halides is 2. The SMILES string of the molecule is Nc1ccn(C2OC(COP(NCC=O)Oc3ccccc3)CC2(F)F)c(=O)n1. The van der Waals surface area contributed by atoms with Gasteiger partial charge < -0.3 is 24.3 Å². The maximum Gasteiger partial charge on any atom is 0.351 e. The third kappa shape index (κ3) is 5.54. The van der Waals surface area contributed by atoms with Crippen molar-refractivity contribution in [2.24, 2.45) is 0 Å². The molecular formula is C17H19F2N4O5P. The number of hydrogen-bond acceptors (Lipinski definition) is 8. The van der Waals surface area contributed by atoms with E-state index in [0.29, 0.717) is 16.6 Å². The van der Waals surface area contributed by atoms with Gasteiger partial charge >= 0.3 is 14.2 Å². The van der Waals surface area contributed by atoms with Crippen molar-refractivity contribution in [2.45, 2.75) is 24.7 Å². The largest absolute Gasteiger partial charge is 0.436 e. The van der Waals surface area contributed by atoms with Gasteiger partial charge in [0.1, 0.15) is 17.9 Å². The first-order chi connectivity index (χ1) is 13.9. The zero-order valence-electron chi connectivity index (χ0n) is 15.1. The van der Waals surface area contributed by atoms with Crippen LogP contribution in [0.25, 0.3) is 0 Å². The zero-order valence-corrected chi connectivity index (χ0v) is 16.0. The Hall–Kier alpha value is -2.46. The number of aromatic nitrogens is 2. The van der Waals surface area contributed by atoms with E-state index in [1.807, 2.05) is 0 Å². The summed E-state index contributed by atoms with van der Waals surface area (Å²) in [6.45, 7) is -0.261. The fourth-order valence-electron chi connectivity index (χ4n) is 2.65. The molecule has 1 aliphatic heterocycles. The van der Waals surface area contributed by atoms with Crippen molar-refractivity contribution >= 4 is 20.6 Å². The quantitative estimate of drug-likeness (QED) is 0.459. The highest BCUT2D eigenvalue weighted by Gasteiger charge is 2.52. The molecule has 1 saturated heterocycles. The molecule has 1 fully saturated rings. The van der Waals surface area contributed by atoms with Gasteiger partial charge in [-0.15, -0.1) is 0 Å². The Labute approximate surface area is 165 Å². The molecule has 3 unspecified atom stereocenters. The summed E-state index contributed by atoms with van der Waals surface area (Å²) in [4.78, 5) is 25.9. The van der Waals surface area contributed by atoms with Gasteiger partial charge in [-0.3, -0.25) is 4.57 Å². The van der Waals surface area contributed by atoms with Crippen molar-refractivity contribution in [1.82, 2.24) is 14.6 Å². The molecule has 156 valence electrons. The molecule has 3 atom stereocenters. The van der Waals surface area contributed by atoms with Crippen LogP contribution in [0.5, 0.6) is 5.75 Å². The highest BCUT2D eigenvalue weighted by molar-refractivity contribution is 7.45. The van der Waals surface area contributed by atoms with Crippen LogP contribution < -0.4 is 21.0 Å². The van der Waals surface area contributed by atoms with Crippen LogP contribution in [-0.4, -0.2) is 41.0 Å². The summed E-state index contributed by atoms with van der Waals surface area (Å²) < 4.78 is 46.0. The third-order valence-corrected chi connectivity index (χ3v) is 5.10. The first kappa shape index (κ1) is 21.3. The Bertz CT molecular complexity index is 886. The summed E-state index contributed by atoms with van der Waals surface area (Å²) in [5.41, 5.74) is 4.46. The lowest BCUT2D eigenvalue weighted by Crippen LogP contribution is -2.35. The number of benzene rings is 1. The van der Waals surface area contributed by atoms with E-state index < -0.39 is 38.9 Å². The van der Waals surface area contributed by atoms with Crippen molar-refractivity contribution in [2.75, 3.05) is 18.9 Å². The Kier molecular flexibility index (Phi) is 6.86. The van der Waals surface area contributed by atoms with Gasteiger partial charge in [0.05, 0.1) is 19.3 Å². The number of aldehydes is 1. The van der Waals surface area contributed by atoms with E-state index in [4.69, 9.17) is 19.5 Å². The van der Waals surface area contributed by atoms with Crippen LogP contribution in [0, 0.1) is 0 Å². The summed E-state index contributed by atoms with van der Waals surface area (Å²) in [7, 11) is -1.77. The van der Waals surface area contributed by atoms with Gasteiger partial charge in [0, 0.05) is 12.6 Å². The topological polar surface area (TPSA) is 118 Å². The van der Waals surface area contributed by atoms with Crippen molar-refractivity contribution in [3.8, 4) is 5.75 Å². The van der Waals surface area contributed by atoms with Gasteiger partial charge in [-0.25, -0.2) is 18.7 Å². The molecule has 1 aliphatic rings. The second-order valence-electron chi connectivity index (χ2n) is 6.10. The van der Waals surface area contributed by atoms with Crippen LogP contribution in [0.15, 0.2) is 47.4 Å². The predicted octanol–water partition coefficient (Wildman–Crippen LogP) is 1.86. The molecule has 2 heterocycles. The van der Waals surface area contributed by atoms with Crippen molar-refractivity contribution in [1.29, 1.82) is 0 Å². The third-order valence-electron chi connectivity index (χ3n) is 3.90. The van der Waals surface area contributed by atoms with Crippen molar-refractivity contribution in [3.63, 3.8) is 0 Å². The molecule has 3 rings (SSSR count). The number of hydrogen-bond donors (Lipinski definition) is 2. The van der Waals surface area contributed by atoms with Crippen LogP contribution in [0.3, 0.4) is 0 Å². The fourth-order valence-corrected chi connectivity index (χ4v) is 3.70. The van der Waals surface area contributed by atoms with Crippen LogP contribution in [-0.2, 0) is 14.1 Å². The van der Waals surface area contributed by atoms with E-state index in [1.165, 1.54) is 6.07 Å². The van der Waals surface area contributed by atoms with E-state index in [2.05, 4.69) is 10.1 Å². The highest BCUT2D eigenvalue weighted by atomic mass is 31.2. The smallest absolute Gasteiger partial charge is 0.351 e. The summed E-state index contributed by atoms with van der Waals surface area (Å²) >= 11 is 0. The maximum atomic E-state index is 14.4. The zero-order chi connectivity index (χ0) is 20.9. The fraction of sp³-hybridized carbons (Fsp3) is 0.353. The number of nitrogens with one attached hydrogen (secondary N) is 1. The summed E-state index contributed by atoms with van der Waals surface area (Å²) in [5.74, 6) is -2.89. The normalized spacial score (nSPS) is 21.6. The molecule has 12 heteroatoms. The lowest BCUT2D eigenvalue weighted by atomic mass is 10.2. The lowest BCUT2D eigenvalue weighted by molar-refractivity contribution is -0.119. The number of nitrogens with two attached hydrogens (primary N) is 1. The number of rotatable bonds is 9. The average Bonchev–Trinajstić information content (AvgIpc) is 2.99. The molecule has 0 aliphatic carbocycles. The minimum atomic E-state index is -3.31. The number of carbonyl (C=O) groups is 1. The molecule has 29 heavy (non-hydrogen) atoms. The van der Waals surface area contributed by atoms with E-state index in [-0.39, 0.29) is 19.0 Å². The standard InChI is InChI=1S/C17H19F2N4O5P/c18-17(19)10-13(27-15(17)23-8-6-14(20)22-16(23)25)11-26-29(21-7-9-24)28-12-4-2-1-3-5-12/h1-6,8-9,13,15,21H,7,10-11H2,(H2,20,22,25). The van der Waals surface area contributed by atoms with Crippen molar-refractivity contribution in [3.05, 3.63) is 53.1 Å². The monoisotopic (exact) mass is 428 g/mol. The number of anilines is 1. The second-order valence-corrected chi connectivity index (χ2v) is 7.38. The molecule has 2 aromatic rings. The average molecular weight is 428 g/mol. The van der Waals surface area contributed by atoms with Crippen LogP contribution in [0.4, 0.5) is 14.6 Å². The van der Waals surface area contributed by atoms with Crippen LogP contribution >= 0.6 is 8.53 Å². The van der Waals surface area contributed by atoms with Crippen LogP contribution in [0.1, 0.15) is 12.6 Å². The number of halogens is 2. The van der Waals surface area contributed by atoms with Gasteiger partial charge in [0.2, 0.25) is 6.23 Å². The summed E-state index contributed by atoms with van der Waals surface area (Å²) in [6, 6.07) is 9.94. The van der Waals surface area contributed by atoms with Gasteiger partial charge in [0.15, 0.2) is 0 Å². The Balaban J connectivity index is 1.64. The Morgan fingerprint density at radius 1 is 1.38 bits per heavy atom. The van der Waals surface area contributed by atoms with E-state index >= 15 is 0 Å². The molecule has 0 saturated carbocycles. The summed E-state index contributed by atoms with van der Waals surface area (Å²) in [5, 5.41) is 2.75. The van der Waals surface area contributed by atoms with E-state index in [1.54, 1.807) is 30.3 Å². The predicted molar refractivity (Wildman–Crippen MR) is 100 cm³/mol. The molecule has 9 nitrogen and oxygen atoms in total. The van der Waals surface area contributed by atoms with Crippen molar-refractivity contribution < 1.29 is 27.4 Å². The van der Waals surface area contributed by atoms with E-state index in [9.17, 15) is 18.4 Å². The number of nitrogens with zero attached hydrogens (tertiary/aromatic N) is 2. The number of carbonyl (C=O) groups excluding carboxylic acids is 1. The Morgan fingerprint density at radius 3 is 2.83 bits per heavy atom. The van der Waals surface area contributed by atoms with E-state index in [0.717, 1.165) is 6.20 Å².